The lowest BCUT2D eigenvalue weighted by Crippen LogP contribution is -2.36. The van der Waals surface area contributed by atoms with Crippen molar-refractivity contribution in [2.24, 2.45) is 0 Å². The molecule has 0 saturated carbocycles. The molecule has 2 heterocycles. The summed E-state index contributed by atoms with van der Waals surface area (Å²) in [4.78, 5) is 6.34. The van der Waals surface area contributed by atoms with Crippen molar-refractivity contribution in [3.63, 3.8) is 0 Å². The molecule has 3 rings (SSSR count). The molecule has 1 aliphatic heterocycles. The quantitative estimate of drug-likeness (QED) is 0.837. The van der Waals surface area contributed by atoms with Crippen molar-refractivity contribution in [2.45, 2.75) is 6.92 Å². The molecule has 1 aromatic heterocycles. The Morgan fingerprint density at radius 2 is 2.00 bits per heavy atom. The summed E-state index contributed by atoms with van der Waals surface area (Å²) >= 11 is 0. The first-order chi connectivity index (χ1) is 9.79. The van der Waals surface area contributed by atoms with Gasteiger partial charge in [0.15, 0.2) is 0 Å². The second-order valence-corrected chi connectivity index (χ2v) is 4.70. The minimum absolute atomic E-state index is 0.338. The lowest BCUT2D eigenvalue weighted by atomic mass is 10.1. The van der Waals surface area contributed by atoms with E-state index in [4.69, 9.17) is 9.15 Å². The van der Waals surface area contributed by atoms with Gasteiger partial charge in [0, 0.05) is 18.7 Å². The van der Waals surface area contributed by atoms with Crippen LogP contribution in [-0.4, -0.2) is 31.3 Å². The molecule has 0 N–H and O–H groups in total. The van der Waals surface area contributed by atoms with Crippen LogP contribution in [0, 0.1) is 18.3 Å². The van der Waals surface area contributed by atoms with Crippen LogP contribution in [0.15, 0.2) is 28.7 Å². The minimum atomic E-state index is 0.338. The van der Waals surface area contributed by atoms with Gasteiger partial charge in [-0.25, -0.2) is 0 Å². The average molecular weight is 269 g/mol. The first-order valence-corrected chi connectivity index (χ1v) is 6.59. The van der Waals surface area contributed by atoms with Gasteiger partial charge < -0.3 is 14.1 Å². The van der Waals surface area contributed by atoms with E-state index in [0.717, 1.165) is 24.2 Å². The van der Waals surface area contributed by atoms with Crippen molar-refractivity contribution >= 4 is 5.88 Å². The van der Waals surface area contributed by atoms with Gasteiger partial charge in [0.05, 0.1) is 13.2 Å². The average Bonchev–Trinajstić information content (AvgIpc) is 2.92. The van der Waals surface area contributed by atoms with Gasteiger partial charge in [-0.1, -0.05) is 18.2 Å². The maximum atomic E-state index is 9.25. The van der Waals surface area contributed by atoms with Crippen molar-refractivity contribution in [1.82, 2.24) is 4.98 Å². The summed E-state index contributed by atoms with van der Waals surface area (Å²) in [6, 6.07) is 9.97. The zero-order valence-corrected chi connectivity index (χ0v) is 11.3. The van der Waals surface area contributed by atoms with Crippen LogP contribution < -0.4 is 4.90 Å². The van der Waals surface area contributed by atoms with Gasteiger partial charge in [-0.15, -0.1) is 0 Å². The Morgan fingerprint density at radius 1 is 1.25 bits per heavy atom. The normalized spacial score (nSPS) is 15.1. The predicted molar refractivity (Wildman–Crippen MR) is 74.4 cm³/mol. The predicted octanol–water partition coefficient (Wildman–Crippen LogP) is 2.36. The van der Waals surface area contributed by atoms with Crippen LogP contribution in [0.4, 0.5) is 5.88 Å². The number of aromatic nitrogens is 1. The fourth-order valence-corrected chi connectivity index (χ4v) is 2.29. The monoisotopic (exact) mass is 269 g/mol. The van der Waals surface area contributed by atoms with E-state index in [1.54, 1.807) is 0 Å². The molecule has 0 atom stereocenters. The standard InChI is InChI=1S/C15H15N3O2/c1-11-4-2-3-5-12(11)14-17-13(10-16)15(20-14)18-6-8-19-9-7-18/h2-5H,6-9H2,1H3. The summed E-state index contributed by atoms with van der Waals surface area (Å²) in [5.74, 6) is 1.05. The van der Waals surface area contributed by atoms with E-state index >= 15 is 0 Å². The highest BCUT2D eigenvalue weighted by Gasteiger charge is 2.22. The summed E-state index contributed by atoms with van der Waals surface area (Å²) in [6.45, 7) is 4.73. The van der Waals surface area contributed by atoms with Crippen LogP contribution in [0.1, 0.15) is 11.3 Å². The number of nitrogens with zero attached hydrogens (tertiary/aromatic N) is 3. The summed E-state index contributed by atoms with van der Waals surface area (Å²) in [5, 5.41) is 9.25. The molecule has 0 spiro atoms. The number of ether oxygens (including phenoxy) is 1. The molecule has 20 heavy (non-hydrogen) atoms. The SMILES string of the molecule is Cc1ccccc1-c1nc(C#N)c(N2CCOCC2)o1. The number of aryl methyl sites for hydroxylation is 1. The van der Waals surface area contributed by atoms with Gasteiger partial charge in [-0.2, -0.15) is 10.2 Å². The van der Waals surface area contributed by atoms with E-state index < -0.39 is 0 Å². The van der Waals surface area contributed by atoms with Gasteiger partial charge in [0.25, 0.3) is 0 Å². The number of anilines is 1. The number of morpholine rings is 1. The third-order valence-electron chi connectivity index (χ3n) is 3.39. The molecule has 0 aliphatic carbocycles. The molecule has 1 aromatic carbocycles. The van der Waals surface area contributed by atoms with E-state index in [0.29, 0.717) is 30.7 Å². The molecule has 0 bridgehead atoms. The number of oxazole rings is 1. The largest absolute Gasteiger partial charge is 0.419 e. The van der Waals surface area contributed by atoms with Gasteiger partial charge in [0.2, 0.25) is 17.5 Å². The molecular formula is C15H15N3O2. The van der Waals surface area contributed by atoms with Crippen molar-refractivity contribution in [1.29, 1.82) is 5.26 Å². The maximum absolute atomic E-state index is 9.25. The zero-order chi connectivity index (χ0) is 13.9. The van der Waals surface area contributed by atoms with E-state index in [9.17, 15) is 5.26 Å². The smallest absolute Gasteiger partial charge is 0.235 e. The van der Waals surface area contributed by atoms with Crippen LogP contribution in [0.2, 0.25) is 0 Å². The molecule has 0 amide bonds. The highest BCUT2D eigenvalue weighted by molar-refractivity contribution is 5.62. The Kier molecular flexibility index (Phi) is 3.40. The van der Waals surface area contributed by atoms with E-state index in [-0.39, 0.29) is 0 Å². The van der Waals surface area contributed by atoms with Crippen molar-refractivity contribution in [3.05, 3.63) is 35.5 Å². The lowest BCUT2D eigenvalue weighted by molar-refractivity contribution is 0.121. The van der Waals surface area contributed by atoms with Crippen LogP contribution in [-0.2, 0) is 4.74 Å². The van der Waals surface area contributed by atoms with E-state index in [1.807, 2.05) is 36.1 Å². The first kappa shape index (κ1) is 12.7. The number of hydrogen-bond acceptors (Lipinski definition) is 5. The highest BCUT2D eigenvalue weighted by Crippen LogP contribution is 2.30. The van der Waals surface area contributed by atoms with Gasteiger partial charge in [0.1, 0.15) is 6.07 Å². The fourth-order valence-electron chi connectivity index (χ4n) is 2.29. The summed E-state index contributed by atoms with van der Waals surface area (Å²) < 4.78 is 11.2. The Balaban J connectivity index is 2.01. The molecule has 1 fully saturated rings. The second-order valence-electron chi connectivity index (χ2n) is 4.70. The van der Waals surface area contributed by atoms with Gasteiger partial charge in [-0.3, -0.25) is 0 Å². The Morgan fingerprint density at radius 3 is 2.70 bits per heavy atom. The molecule has 0 radical (unpaired) electrons. The molecule has 5 heteroatoms. The van der Waals surface area contributed by atoms with Crippen LogP contribution >= 0.6 is 0 Å². The highest BCUT2D eigenvalue weighted by atomic mass is 16.5. The third kappa shape index (κ3) is 2.26. The summed E-state index contributed by atoms with van der Waals surface area (Å²) in [7, 11) is 0. The minimum Gasteiger partial charge on any atom is -0.419 e. The van der Waals surface area contributed by atoms with E-state index in [2.05, 4.69) is 11.1 Å². The lowest BCUT2D eigenvalue weighted by Gasteiger charge is -2.26. The second kappa shape index (κ2) is 5.35. The molecule has 102 valence electrons. The Hall–Kier alpha value is -2.32. The molecule has 2 aromatic rings. The Bertz CT molecular complexity index is 651. The number of hydrogen-bond donors (Lipinski definition) is 0. The van der Waals surface area contributed by atoms with Gasteiger partial charge >= 0.3 is 0 Å². The van der Waals surface area contributed by atoms with Crippen LogP contribution in [0.5, 0.6) is 0 Å². The Labute approximate surface area is 117 Å². The number of nitriles is 1. The van der Waals surface area contributed by atoms with E-state index in [1.165, 1.54) is 0 Å². The molecule has 5 nitrogen and oxygen atoms in total. The molecule has 1 saturated heterocycles. The van der Waals surface area contributed by atoms with Gasteiger partial charge in [-0.05, 0) is 18.6 Å². The fraction of sp³-hybridized carbons (Fsp3) is 0.333. The van der Waals surface area contributed by atoms with Crippen molar-refractivity contribution in [2.75, 3.05) is 31.2 Å². The number of rotatable bonds is 2. The van der Waals surface area contributed by atoms with Crippen LogP contribution in [0.25, 0.3) is 11.5 Å². The molecule has 1 aliphatic rings. The maximum Gasteiger partial charge on any atom is 0.235 e. The first-order valence-electron chi connectivity index (χ1n) is 6.59. The number of benzene rings is 1. The zero-order valence-electron chi connectivity index (χ0n) is 11.3. The third-order valence-corrected chi connectivity index (χ3v) is 3.39. The van der Waals surface area contributed by atoms with Crippen molar-refractivity contribution < 1.29 is 9.15 Å². The summed E-state index contributed by atoms with van der Waals surface area (Å²) in [6.07, 6.45) is 0. The molecular weight excluding hydrogens is 254 g/mol. The van der Waals surface area contributed by atoms with Crippen molar-refractivity contribution in [3.8, 4) is 17.5 Å². The summed E-state index contributed by atoms with van der Waals surface area (Å²) in [5.41, 5.74) is 2.33. The van der Waals surface area contributed by atoms with Crippen LogP contribution in [0.3, 0.4) is 0 Å². The molecule has 0 unspecified atom stereocenters. The topological polar surface area (TPSA) is 62.3 Å².